The van der Waals surface area contributed by atoms with Gasteiger partial charge in [0.25, 0.3) is 0 Å². The van der Waals surface area contributed by atoms with Crippen molar-refractivity contribution in [2.75, 3.05) is 13.2 Å². The summed E-state index contributed by atoms with van der Waals surface area (Å²) in [5.74, 6) is -0.293. The standard InChI is InChI=1S/C16H23FN2O2/c1-10-3-4-13(9-14(10)17)11(2)19-16(20)15(18)12-5-7-21-8-6-12/h3-4,9,11-12,15H,5-8,18H2,1-2H3,(H,19,20). The van der Waals surface area contributed by atoms with E-state index in [0.29, 0.717) is 18.8 Å². The van der Waals surface area contributed by atoms with Gasteiger partial charge in [0.15, 0.2) is 0 Å². The van der Waals surface area contributed by atoms with E-state index in [1.54, 1.807) is 13.0 Å². The van der Waals surface area contributed by atoms with Crippen LogP contribution in [0.5, 0.6) is 0 Å². The van der Waals surface area contributed by atoms with Gasteiger partial charge >= 0.3 is 0 Å². The molecule has 3 N–H and O–H groups in total. The number of benzene rings is 1. The molecule has 1 fully saturated rings. The molecule has 5 heteroatoms. The number of ether oxygens (including phenoxy) is 1. The highest BCUT2D eigenvalue weighted by atomic mass is 19.1. The molecule has 1 heterocycles. The van der Waals surface area contributed by atoms with E-state index in [1.807, 2.05) is 13.0 Å². The molecule has 1 aliphatic rings. The monoisotopic (exact) mass is 294 g/mol. The quantitative estimate of drug-likeness (QED) is 0.893. The van der Waals surface area contributed by atoms with Gasteiger partial charge in [-0.3, -0.25) is 4.79 Å². The molecule has 0 aliphatic carbocycles. The Balaban J connectivity index is 1.95. The summed E-state index contributed by atoms with van der Waals surface area (Å²) in [6.07, 6.45) is 1.62. The van der Waals surface area contributed by atoms with Gasteiger partial charge in [0, 0.05) is 13.2 Å². The van der Waals surface area contributed by atoms with Crippen molar-refractivity contribution in [1.82, 2.24) is 5.32 Å². The summed E-state index contributed by atoms with van der Waals surface area (Å²) < 4.78 is 18.9. The van der Waals surface area contributed by atoms with Gasteiger partial charge in [0.05, 0.1) is 12.1 Å². The molecule has 1 aliphatic heterocycles. The van der Waals surface area contributed by atoms with Gasteiger partial charge in [-0.05, 0) is 49.8 Å². The third-order valence-corrected chi connectivity index (χ3v) is 4.13. The van der Waals surface area contributed by atoms with E-state index in [-0.39, 0.29) is 23.7 Å². The van der Waals surface area contributed by atoms with Crippen LogP contribution in [0.2, 0.25) is 0 Å². The van der Waals surface area contributed by atoms with E-state index >= 15 is 0 Å². The Kier molecular flexibility index (Phi) is 5.31. The van der Waals surface area contributed by atoms with Gasteiger partial charge < -0.3 is 15.8 Å². The van der Waals surface area contributed by atoms with Crippen LogP contribution in [-0.4, -0.2) is 25.2 Å². The molecule has 2 rings (SSSR count). The molecule has 1 saturated heterocycles. The molecule has 1 aromatic carbocycles. The largest absolute Gasteiger partial charge is 0.381 e. The van der Waals surface area contributed by atoms with Crippen LogP contribution in [0.4, 0.5) is 4.39 Å². The summed E-state index contributed by atoms with van der Waals surface area (Å²) in [5, 5.41) is 2.87. The lowest BCUT2D eigenvalue weighted by Gasteiger charge is -2.28. The average Bonchev–Trinajstić information content (AvgIpc) is 2.50. The number of nitrogens with two attached hydrogens (primary N) is 1. The molecule has 0 aromatic heterocycles. The number of rotatable bonds is 4. The zero-order valence-electron chi connectivity index (χ0n) is 12.6. The van der Waals surface area contributed by atoms with Crippen molar-refractivity contribution in [1.29, 1.82) is 0 Å². The minimum Gasteiger partial charge on any atom is -0.381 e. The summed E-state index contributed by atoms with van der Waals surface area (Å²) >= 11 is 0. The van der Waals surface area contributed by atoms with E-state index in [9.17, 15) is 9.18 Å². The summed E-state index contributed by atoms with van der Waals surface area (Å²) in [4.78, 5) is 12.2. The van der Waals surface area contributed by atoms with Crippen LogP contribution in [0, 0.1) is 18.7 Å². The van der Waals surface area contributed by atoms with Crippen LogP contribution in [0.1, 0.15) is 36.9 Å². The van der Waals surface area contributed by atoms with Crippen molar-refractivity contribution in [2.45, 2.75) is 38.8 Å². The predicted molar refractivity (Wildman–Crippen MR) is 79.2 cm³/mol. The molecular weight excluding hydrogens is 271 g/mol. The lowest BCUT2D eigenvalue weighted by molar-refractivity contribution is -0.125. The highest BCUT2D eigenvalue weighted by Gasteiger charge is 2.27. The fourth-order valence-electron chi connectivity index (χ4n) is 2.56. The topological polar surface area (TPSA) is 64.4 Å². The summed E-state index contributed by atoms with van der Waals surface area (Å²) in [7, 11) is 0. The smallest absolute Gasteiger partial charge is 0.237 e. The zero-order chi connectivity index (χ0) is 15.4. The third kappa shape index (κ3) is 4.02. The number of amides is 1. The highest BCUT2D eigenvalue weighted by molar-refractivity contribution is 5.82. The van der Waals surface area contributed by atoms with Crippen molar-refractivity contribution in [2.24, 2.45) is 11.7 Å². The molecule has 2 atom stereocenters. The lowest BCUT2D eigenvalue weighted by atomic mass is 9.91. The Labute approximate surface area is 124 Å². The van der Waals surface area contributed by atoms with Gasteiger partial charge in [-0.1, -0.05) is 12.1 Å². The molecule has 1 amide bonds. The predicted octanol–water partition coefficient (Wildman–Crippen LogP) is 2.07. The van der Waals surface area contributed by atoms with Crippen LogP contribution in [0.25, 0.3) is 0 Å². The Hall–Kier alpha value is -1.46. The van der Waals surface area contributed by atoms with Crippen LogP contribution < -0.4 is 11.1 Å². The fraction of sp³-hybridized carbons (Fsp3) is 0.562. The Morgan fingerprint density at radius 3 is 2.71 bits per heavy atom. The second kappa shape index (κ2) is 7.00. The maximum Gasteiger partial charge on any atom is 0.237 e. The number of hydrogen-bond donors (Lipinski definition) is 2. The lowest BCUT2D eigenvalue weighted by Crippen LogP contribution is -2.47. The van der Waals surface area contributed by atoms with Crippen LogP contribution in [0.3, 0.4) is 0 Å². The maximum atomic E-state index is 13.6. The molecule has 0 radical (unpaired) electrons. The molecule has 4 nitrogen and oxygen atoms in total. The molecule has 0 bridgehead atoms. The van der Waals surface area contributed by atoms with Gasteiger partial charge in [0.1, 0.15) is 5.82 Å². The van der Waals surface area contributed by atoms with Crippen molar-refractivity contribution in [3.8, 4) is 0 Å². The van der Waals surface area contributed by atoms with E-state index in [4.69, 9.17) is 10.5 Å². The summed E-state index contributed by atoms with van der Waals surface area (Å²) in [5.41, 5.74) is 7.37. The van der Waals surface area contributed by atoms with Crippen molar-refractivity contribution in [3.05, 3.63) is 35.1 Å². The molecule has 2 unspecified atom stereocenters. The number of hydrogen-bond acceptors (Lipinski definition) is 3. The number of halogens is 1. The molecule has 1 aromatic rings. The van der Waals surface area contributed by atoms with Gasteiger partial charge in [0.2, 0.25) is 5.91 Å². The minimum absolute atomic E-state index is 0.153. The molecular formula is C16H23FN2O2. The SMILES string of the molecule is Cc1ccc(C(C)NC(=O)C(N)C2CCOCC2)cc1F. The number of aryl methyl sites for hydroxylation is 1. The highest BCUT2D eigenvalue weighted by Crippen LogP contribution is 2.20. The molecule has 0 spiro atoms. The van der Waals surface area contributed by atoms with E-state index in [2.05, 4.69) is 5.32 Å². The van der Waals surface area contributed by atoms with Crippen molar-refractivity contribution >= 4 is 5.91 Å². The van der Waals surface area contributed by atoms with E-state index in [0.717, 1.165) is 18.4 Å². The summed E-state index contributed by atoms with van der Waals surface area (Å²) in [6, 6.07) is 4.19. The Morgan fingerprint density at radius 1 is 1.43 bits per heavy atom. The van der Waals surface area contributed by atoms with Crippen LogP contribution in [0.15, 0.2) is 18.2 Å². The first kappa shape index (κ1) is 15.9. The molecule has 21 heavy (non-hydrogen) atoms. The Bertz CT molecular complexity index is 501. The van der Waals surface area contributed by atoms with Gasteiger partial charge in [-0.15, -0.1) is 0 Å². The van der Waals surface area contributed by atoms with Crippen LogP contribution >= 0.6 is 0 Å². The van der Waals surface area contributed by atoms with Crippen molar-refractivity contribution < 1.29 is 13.9 Å². The van der Waals surface area contributed by atoms with E-state index < -0.39 is 6.04 Å². The Morgan fingerprint density at radius 2 is 2.10 bits per heavy atom. The second-order valence-electron chi connectivity index (χ2n) is 5.71. The first-order chi connectivity index (χ1) is 9.99. The maximum absolute atomic E-state index is 13.6. The zero-order valence-corrected chi connectivity index (χ0v) is 12.6. The molecule has 0 saturated carbocycles. The van der Waals surface area contributed by atoms with Gasteiger partial charge in [-0.2, -0.15) is 0 Å². The summed E-state index contributed by atoms with van der Waals surface area (Å²) in [6.45, 7) is 4.86. The van der Waals surface area contributed by atoms with Crippen LogP contribution in [-0.2, 0) is 9.53 Å². The van der Waals surface area contributed by atoms with Gasteiger partial charge in [-0.25, -0.2) is 4.39 Å². The average molecular weight is 294 g/mol. The molecule has 116 valence electrons. The first-order valence-corrected chi connectivity index (χ1v) is 7.39. The number of nitrogens with one attached hydrogen (secondary N) is 1. The fourth-order valence-corrected chi connectivity index (χ4v) is 2.56. The van der Waals surface area contributed by atoms with E-state index in [1.165, 1.54) is 6.07 Å². The normalized spacial score (nSPS) is 19.0. The minimum atomic E-state index is -0.536. The number of carbonyl (C=O) groups excluding carboxylic acids is 1. The third-order valence-electron chi connectivity index (χ3n) is 4.13. The second-order valence-corrected chi connectivity index (χ2v) is 5.71. The number of carbonyl (C=O) groups is 1. The van der Waals surface area contributed by atoms with Crippen molar-refractivity contribution in [3.63, 3.8) is 0 Å². The first-order valence-electron chi connectivity index (χ1n) is 7.39.